The number of carbonyl (C=O) groups is 2. The normalized spacial score (nSPS) is 14.0. The van der Waals surface area contributed by atoms with Gasteiger partial charge < -0.3 is 25.5 Å². The lowest BCUT2D eigenvalue weighted by atomic mass is 9.92. The summed E-state index contributed by atoms with van der Waals surface area (Å²) >= 11 is 0. The summed E-state index contributed by atoms with van der Waals surface area (Å²) in [4.78, 5) is 34.0. The fourth-order valence-corrected chi connectivity index (χ4v) is 4.69. The van der Waals surface area contributed by atoms with Gasteiger partial charge in [0.1, 0.15) is 12.4 Å². The molecule has 9 nitrogen and oxygen atoms in total. The highest BCUT2D eigenvalue weighted by molar-refractivity contribution is 5.96. The molecule has 1 aromatic heterocycles. The molecule has 0 saturated carbocycles. The molecule has 1 aliphatic rings. The van der Waals surface area contributed by atoms with E-state index in [-0.39, 0.29) is 18.1 Å². The molecule has 1 amide bonds. The highest BCUT2D eigenvalue weighted by atomic mass is 16.4. The largest absolute Gasteiger partial charge is 0.504 e. The van der Waals surface area contributed by atoms with E-state index in [4.69, 9.17) is 5.11 Å². The summed E-state index contributed by atoms with van der Waals surface area (Å²) in [6, 6.07) is 14.6. The molecule has 4 rings (SSSR count). The predicted molar refractivity (Wildman–Crippen MR) is 140 cm³/mol. The van der Waals surface area contributed by atoms with Crippen LogP contribution in [-0.4, -0.2) is 56.8 Å². The average Bonchev–Trinajstić information content (AvgIpc) is 2.89. The number of carbonyl (C=O) groups excluding carboxylic acids is 1. The number of hydrogen-bond donors (Lipinski definition) is 4. The van der Waals surface area contributed by atoms with Crippen LogP contribution in [0.2, 0.25) is 0 Å². The van der Waals surface area contributed by atoms with Gasteiger partial charge >= 0.3 is 5.97 Å². The number of piperidine rings is 1. The Balaban J connectivity index is 1.37. The van der Waals surface area contributed by atoms with Gasteiger partial charge in [-0.2, -0.15) is 0 Å². The van der Waals surface area contributed by atoms with Crippen LogP contribution >= 0.6 is 0 Å². The number of aromatic nitrogens is 2. The van der Waals surface area contributed by atoms with Gasteiger partial charge in [0.05, 0.1) is 12.3 Å². The molecule has 1 aliphatic heterocycles. The Kier molecular flexibility index (Phi) is 8.03. The van der Waals surface area contributed by atoms with Crippen LogP contribution in [0.25, 0.3) is 11.1 Å². The number of aryl methyl sites for hydroxylation is 2. The molecule has 0 aliphatic carbocycles. The minimum absolute atomic E-state index is 0.0444. The van der Waals surface area contributed by atoms with Gasteiger partial charge in [-0.15, -0.1) is 0 Å². The maximum Gasteiger partial charge on any atom is 0.322 e. The van der Waals surface area contributed by atoms with Gasteiger partial charge in [0, 0.05) is 25.2 Å². The summed E-state index contributed by atoms with van der Waals surface area (Å²) in [6.07, 6.45) is 2.46. The van der Waals surface area contributed by atoms with Gasteiger partial charge in [-0.1, -0.05) is 30.3 Å². The highest BCUT2D eigenvalue weighted by Gasteiger charge is 2.23. The Morgan fingerprint density at radius 2 is 1.70 bits per heavy atom. The number of aromatic hydroxyl groups is 1. The highest BCUT2D eigenvalue weighted by Crippen LogP contribution is 2.29. The molecule has 4 N–H and O–H groups in total. The van der Waals surface area contributed by atoms with E-state index in [2.05, 4.69) is 50.5 Å². The minimum atomic E-state index is -1.17. The van der Waals surface area contributed by atoms with Crippen molar-refractivity contribution in [3.63, 3.8) is 0 Å². The summed E-state index contributed by atoms with van der Waals surface area (Å²) in [6.45, 7) is 4.87. The number of benzene rings is 2. The van der Waals surface area contributed by atoms with E-state index in [0.717, 1.165) is 48.2 Å². The fraction of sp³-hybridized carbons (Fsp3) is 0.357. The lowest BCUT2D eigenvalue weighted by molar-refractivity contribution is -0.135. The van der Waals surface area contributed by atoms with Gasteiger partial charge in [0.25, 0.3) is 5.91 Å². The predicted octanol–water partition coefficient (Wildman–Crippen LogP) is 3.23. The smallest absolute Gasteiger partial charge is 0.322 e. The summed E-state index contributed by atoms with van der Waals surface area (Å²) in [7, 11) is 0. The standard InChI is InChI=1S/C28H32N4O5/c1-17-13-21(3-4-22(17)16-33)20-5-7-23(8-6-20)32-11-9-19(10-12-32)14-24-30-18(2)27(36)26(31-24)28(37)29-15-25(34)35/h3-8,13,19,33,36H,9-12,14-16H2,1-2H3,(H,29,37)(H,34,35). The second-order valence-corrected chi connectivity index (χ2v) is 9.48. The number of aliphatic hydroxyl groups excluding tert-OH is 1. The molecule has 9 heteroatoms. The lowest BCUT2D eigenvalue weighted by Gasteiger charge is -2.33. The SMILES string of the molecule is Cc1cc(-c2ccc(N3CCC(Cc4nc(C)c(O)c(C(=O)NCC(=O)O)n4)CC3)cc2)ccc1CO. The molecule has 1 saturated heterocycles. The minimum Gasteiger partial charge on any atom is -0.504 e. The summed E-state index contributed by atoms with van der Waals surface area (Å²) in [5.41, 5.74) is 5.54. The quantitative estimate of drug-likeness (QED) is 0.367. The molecule has 0 bridgehead atoms. The summed E-state index contributed by atoms with van der Waals surface area (Å²) in [5.74, 6) is -1.43. The van der Waals surface area contributed by atoms with E-state index in [0.29, 0.717) is 23.9 Å². The van der Waals surface area contributed by atoms with Crippen molar-refractivity contribution in [2.75, 3.05) is 24.5 Å². The Morgan fingerprint density at radius 3 is 2.32 bits per heavy atom. The zero-order valence-corrected chi connectivity index (χ0v) is 21.1. The molecule has 2 aromatic carbocycles. The van der Waals surface area contributed by atoms with Crippen molar-refractivity contribution < 1.29 is 24.9 Å². The van der Waals surface area contributed by atoms with Crippen LogP contribution in [0, 0.1) is 19.8 Å². The van der Waals surface area contributed by atoms with Gasteiger partial charge in [-0.25, -0.2) is 9.97 Å². The van der Waals surface area contributed by atoms with Crippen LogP contribution in [-0.2, 0) is 17.8 Å². The third-order valence-electron chi connectivity index (χ3n) is 6.88. The van der Waals surface area contributed by atoms with Crippen molar-refractivity contribution in [1.29, 1.82) is 0 Å². The fourth-order valence-electron chi connectivity index (χ4n) is 4.69. The first-order chi connectivity index (χ1) is 17.7. The molecule has 2 heterocycles. The number of hydrogen-bond acceptors (Lipinski definition) is 7. The molecular formula is C28H32N4O5. The number of carboxylic acids is 1. The summed E-state index contributed by atoms with van der Waals surface area (Å²) in [5, 5.41) is 30.6. The third-order valence-corrected chi connectivity index (χ3v) is 6.88. The molecule has 37 heavy (non-hydrogen) atoms. The second kappa shape index (κ2) is 11.4. The van der Waals surface area contributed by atoms with Crippen LogP contribution in [0.1, 0.15) is 46.0 Å². The van der Waals surface area contributed by atoms with E-state index in [1.807, 2.05) is 19.1 Å². The van der Waals surface area contributed by atoms with Crippen molar-refractivity contribution in [2.45, 2.75) is 39.7 Å². The number of anilines is 1. The van der Waals surface area contributed by atoms with Crippen LogP contribution in [0.4, 0.5) is 5.69 Å². The Hall–Kier alpha value is -3.98. The first kappa shape index (κ1) is 26.1. The number of amides is 1. The average molecular weight is 505 g/mol. The van der Waals surface area contributed by atoms with Crippen LogP contribution < -0.4 is 10.2 Å². The molecule has 1 fully saturated rings. The van der Waals surface area contributed by atoms with Crippen molar-refractivity contribution in [1.82, 2.24) is 15.3 Å². The molecular weight excluding hydrogens is 472 g/mol. The molecule has 0 radical (unpaired) electrons. The van der Waals surface area contributed by atoms with E-state index < -0.39 is 18.4 Å². The number of aliphatic carboxylic acids is 1. The molecule has 0 unspecified atom stereocenters. The van der Waals surface area contributed by atoms with Crippen LogP contribution in [0.5, 0.6) is 5.75 Å². The van der Waals surface area contributed by atoms with Crippen molar-refractivity contribution in [2.24, 2.45) is 5.92 Å². The Bertz CT molecular complexity index is 1280. The molecule has 194 valence electrons. The number of nitrogens with zero attached hydrogens (tertiary/aromatic N) is 3. The van der Waals surface area contributed by atoms with E-state index in [9.17, 15) is 19.8 Å². The van der Waals surface area contributed by atoms with Crippen LogP contribution in [0.3, 0.4) is 0 Å². The monoisotopic (exact) mass is 504 g/mol. The van der Waals surface area contributed by atoms with Gasteiger partial charge in [-0.3, -0.25) is 9.59 Å². The zero-order chi connectivity index (χ0) is 26.5. The first-order valence-corrected chi connectivity index (χ1v) is 12.4. The first-order valence-electron chi connectivity index (χ1n) is 12.4. The van der Waals surface area contributed by atoms with Gasteiger partial charge in [0.2, 0.25) is 0 Å². The van der Waals surface area contributed by atoms with E-state index >= 15 is 0 Å². The van der Waals surface area contributed by atoms with Crippen molar-refractivity contribution >= 4 is 17.6 Å². The maximum absolute atomic E-state index is 12.3. The zero-order valence-electron chi connectivity index (χ0n) is 21.1. The van der Waals surface area contributed by atoms with Crippen molar-refractivity contribution in [3.05, 3.63) is 70.8 Å². The molecule has 0 spiro atoms. The van der Waals surface area contributed by atoms with Gasteiger partial charge in [-0.05, 0) is 67.0 Å². The summed E-state index contributed by atoms with van der Waals surface area (Å²) < 4.78 is 0. The Labute approximate surface area is 215 Å². The van der Waals surface area contributed by atoms with Crippen molar-refractivity contribution in [3.8, 4) is 16.9 Å². The van der Waals surface area contributed by atoms with E-state index in [1.54, 1.807) is 6.92 Å². The molecule has 3 aromatic rings. The Morgan fingerprint density at radius 1 is 1.03 bits per heavy atom. The second-order valence-electron chi connectivity index (χ2n) is 9.48. The third kappa shape index (κ3) is 6.24. The lowest BCUT2D eigenvalue weighted by Crippen LogP contribution is -2.34. The molecule has 0 atom stereocenters. The number of aliphatic hydroxyl groups is 1. The number of carboxylic acid groups (broad SMARTS) is 1. The van der Waals surface area contributed by atoms with E-state index in [1.165, 1.54) is 5.69 Å². The topological polar surface area (TPSA) is 136 Å². The number of nitrogens with one attached hydrogen (secondary N) is 1. The van der Waals surface area contributed by atoms with Gasteiger partial charge in [0.15, 0.2) is 11.4 Å². The maximum atomic E-state index is 12.3. The van der Waals surface area contributed by atoms with Crippen LogP contribution in [0.15, 0.2) is 42.5 Å². The number of rotatable bonds is 8.